The summed E-state index contributed by atoms with van der Waals surface area (Å²) in [7, 11) is 1.45. The summed E-state index contributed by atoms with van der Waals surface area (Å²) < 4.78 is 13.6. The largest absolute Gasteiger partial charge is 2.00 e. The van der Waals surface area contributed by atoms with Crippen molar-refractivity contribution >= 4 is 23.3 Å². The molecule has 0 fully saturated rings. The quantitative estimate of drug-likeness (QED) is 0.138. The summed E-state index contributed by atoms with van der Waals surface area (Å²) in [5.74, 6) is 0.273. The summed E-state index contributed by atoms with van der Waals surface area (Å²) in [5.41, 5.74) is 6.34. The van der Waals surface area contributed by atoms with Gasteiger partial charge in [-0.05, 0) is 43.2 Å². The Kier molecular flexibility index (Phi) is 12.3. The fourth-order valence-electron chi connectivity index (χ4n) is 6.16. The van der Waals surface area contributed by atoms with Crippen LogP contribution in [0.25, 0.3) is 11.1 Å². The van der Waals surface area contributed by atoms with Crippen LogP contribution in [0.15, 0.2) is 70.6 Å². The van der Waals surface area contributed by atoms with Crippen LogP contribution >= 0.6 is 0 Å². The average molecular weight is 765 g/mol. The van der Waals surface area contributed by atoms with E-state index in [2.05, 4.69) is 45.3 Å². The normalized spacial score (nSPS) is 17.3. The third kappa shape index (κ3) is 6.90. The summed E-state index contributed by atoms with van der Waals surface area (Å²) in [6, 6.07) is 20.4. The summed E-state index contributed by atoms with van der Waals surface area (Å²) in [5, 5.41) is 0. The molecule has 1 aromatic heterocycles. The minimum absolute atomic E-state index is 0. The van der Waals surface area contributed by atoms with Crippen LogP contribution in [0, 0.1) is 20.3 Å². The molecule has 7 heteroatoms. The molecule has 43 heavy (non-hydrogen) atoms. The van der Waals surface area contributed by atoms with Gasteiger partial charge >= 0.3 is 27.0 Å². The monoisotopic (exact) mass is 764 g/mol. The van der Waals surface area contributed by atoms with E-state index in [1.165, 1.54) is 12.8 Å². The second kappa shape index (κ2) is 14.7. The Balaban J connectivity index is 0.00000215. The van der Waals surface area contributed by atoms with E-state index in [4.69, 9.17) is 19.5 Å². The van der Waals surface area contributed by atoms with E-state index < -0.39 is 0 Å². The predicted molar refractivity (Wildman–Crippen MR) is 175 cm³/mol. The first kappa shape index (κ1) is 36.2. The molecule has 5 rings (SSSR count). The van der Waals surface area contributed by atoms with Crippen molar-refractivity contribution in [3.8, 4) is 11.1 Å². The van der Waals surface area contributed by atoms with Crippen molar-refractivity contribution in [2.75, 3.05) is 13.7 Å². The van der Waals surface area contributed by atoms with Gasteiger partial charge in [0, 0.05) is 34.3 Å². The van der Waals surface area contributed by atoms with Crippen LogP contribution < -0.4 is 0 Å². The number of carbonyl (C=O) groups excluding carboxylic acids is 1. The van der Waals surface area contributed by atoms with Gasteiger partial charge in [-0.2, -0.15) is 0 Å². The number of esters is 1. The first-order valence-corrected chi connectivity index (χ1v) is 14.5. The minimum atomic E-state index is -0.302. The Labute approximate surface area is 273 Å². The average Bonchev–Trinajstić information content (AvgIpc) is 3.62. The number of ether oxygens (including phenoxy) is 2. The molecule has 2 aliphatic heterocycles. The molecular weight excluding hydrogens is 717 g/mol. The summed E-state index contributed by atoms with van der Waals surface area (Å²) in [4.78, 5) is 23.2. The van der Waals surface area contributed by atoms with Crippen molar-refractivity contribution in [3.05, 3.63) is 92.5 Å². The molecule has 3 aromatic rings. The molecule has 0 saturated heterocycles. The number of methoxy groups -OCH3 is 1. The maximum Gasteiger partial charge on any atom is 2.00 e. The molecule has 0 saturated carbocycles. The number of para-hydroxylation sites is 1. The van der Waals surface area contributed by atoms with Crippen LogP contribution in [-0.4, -0.2) is 41.9 Å². The molecule has 0 amide bonds. The smallest absolute Gasteiger partial charge is 0.474 e. The standard InChI is InChI=1S/C34H41N3O3.2CH3.Pt/c1-7-34(8-2)19-14-20-37-27(32(38)39-6)21-25(30(34)37)24-17-12-13-18-26(24)35-29(23-15-10-9-11-16-23)31-36-28(22-40-31)33(3,4)5;;;/h9-13,15-18,21,28H,7-8,14,19-20,22H2,1-6H3;2*1H3;/q;2*-1;+2/t28-;;;/m0.../s1. The van der Waals surface area contributed by atoms with Crippen molar-refractivity contribution in [2.24, 2.45) is 15.4 Å². The fraction of sp³-hybridized carbons (Fsp3) is 0.417. The number of rotatable bonds is 7. The van der Waals surface area contributed by atoms with Crippen molar-refractivity contribution in [3.63, 3.8) is 0 Å². The van der Waals surface area contributed by atoms with Crippen LogP contribution in [0.1, 0.15) is 82.0 Å². The van der Waals surface area contributed by atoms with E-state index in [0.717, 1.165) is 60.3 Å². The van der Waals surface area contributed by atoms with E-state index in [0.29, 0.717) is 18.2 Å². The zero-order chi connectivity index (χ0) is 28.5. The van der Waals surface area contributed by atoms with Crippen molar-refractivity contribution < 1.29 is 35.3 Å². The molecule has 2 aliphatic rings. The van der Waals surface area contributed by atoms with Gasteiger partial charge in [-0.25, -0.2) is 14.8 Å². The maximum atomic E-state index is 12.9. The third-order valence-electron chi connectivity index (χ3n) is 8.71. The van der Waals surface area contributed by atoms with Crippen molar-refractivity contribution in [1.82, 2.24) is 4.57 Å². The SMILES string of the molecule is CCC1(CC)CCCn2c(C(=O)OC)cc(-c3ccccc3N=C(C3=N[C@H](C(C)(C)C)CO3)c3ccccc3)c21.[CH3-].[CH3-].[Pt+2]. The van der Waals surface area contributed by atoms with E-state index in [-0.39, 0.29) is 58.8 Å². The van der Waals surface area contributed by atoms with Gasteiger partial charge in [0.25, 0.3) is 0 Å². The Morgan fingerprint density at radius 2 is 1.70 bits per heavy atom. The van der Waals surface area contributed by atoms with Gasteiger partial charge in [0.2, 0.25) is 5.90 Å². The van der Waals surface area contributed by atoms with E-state index >= 15 is 0 Å². The molecule has 2 aromatic carbocycles. The Hall–Kier alpha value is -2.98. The van der Waals surface area contributed by atoms with Crippen LogP contribution in [0.3, 0.4) is 0 Å². The molecule has 234 valence electrons. The number of aliphatic imine (C=N–C) groups is 2. The Morgan fingerprint density at radius 1 is 1.05 bits per heavy atom. The van der Waals surface area contributed by atoms with Gasteiger partial charge < -0.3 is 28.9 Å². The second-order valence-electron chi connectivity index (χ2n) is 12.0. The zero-order valence-corrected chi connectivity index (χ0v) is 29.2. The topological polar surface area (TPSA) is 65.2 Å². The first-order chi connectivity index (χ1) is 19.2. The molecule has 6 nitrogen and oxygen atoms in total. The maximum absolute atomic E-state index is 12.9. The zero-order valence-electron chi connectivity index (χ0n) is 27.0. The van der Waals surface area contributed by atoms with Gasteiger partial charge in [-0.1, -0.05) is 83.1 Å². The summed E-state index contributed by atoms with van der Waals surface area (Å²) in [6.07, 6.45) is 4.13. The molecule has 0 spiro atoms. The molecular formula is C36H47N3O3Pt. The number of nitrogens with zero attached hydrogens (tertiary/aromatic N) is 3. The molecule has 3 heterocycles. The minimum Gasteiger partial charge on any atom is -0.474 e. The fourth-order valence-corrected chi connectivity index (χ4v) is 6.16. The molecule has 0 radical (unpaired) electrons. The number of hydrogen-bond acceptors (Lipinski definition) is 5. The molecule has 0 N–H and O–H groups in total. The number of aromatic nitrogens is 1. The Morgan fingerprint density at radius 3 is 2.30 bits per heavy atom. The molecule has 0 unspecified atom stereocenters. The number of hydrogen-bond donors (Lipinski definition) is 0. The Bertz CT molecular complexity index is 1450. The van der Waals surface area contributed by atoms with Gasteiger partial charge in [0.05, 0.1) is 18.8 Å². The first-order valence-electron chi connectivity index (χ1n) is 14.5. The molecule has 0 bridgehead atoms. The van der Waals surface area contributed by atoms with Crippen molar-refractivity contribution in [1.29, 1.82) is 0 Å². The molecule has 1 atom stereocenters. The van der Waals surface area contributed by atoms with Crippen LogP contribution in [0.5, 0.6) is 0 Å². The molecule has 0 aliphatic carbocycles. The summed E-state index contributed by atoms with van der Waals surface area (Å²) in [6.45, 7) is 12.4. The predicted octanol–water partition coefficient (Wildman–Crippen LogP) is 8.66. The number of benzene rings is 2. The number of carbonyl (C=O) groups is 1. The van der Waals surface area contributed by atoms with Crippen molar-refractivity contribution in [2.45, 2.75) is 78.3 Å². The van der Waals surface area contributed by atoms with E-state index in [1.807, 2.05) is 54.6 Å². The van der Waals surface area contributed by atoms with Crippen LogP contribution in [0.4, 0.5) is 5.69 Å². The third-order valence-corrected chi connectivity index (χ3v) is 8.71. The second-order valence-corrected chi connectivity index (χ2v) is 12.0. The van der Waals surface area contributed by atoms with E-state index in [1.54, 1.807) is 0 Å². The van der Waals surface area contributed by atoms with Crippen LogP contribution in [0.2, 0.25) is 0 Å². The summed E-state index contributed by atoms with van der Waals surface area (Å²) >= 11 is 0. The van der Waals surface area contributed by atoms with Gasteiger partial charge in [0.15, 0.2) is 0 Å². The van der Waals surface area contributed by atoms with Gasteiger partial charge in [-0.3, -0.25) is 0 Å². The van der Waals surface area contributed by atoms with Gasteiger partial charge in [-0.15, -0.1) is 0 Å². The van der Waals surface area contributed by atoms with E-state index in [9.17, 15) is 4.79 Å². The number of fused-ring (bicyclic) bond motifs is 1. The van der Waals surface area contributed by atoms with Crippen LogP contribution in [-0.2, 0) is 42.5 Å². The van der Waals surface area contributed by atoms with Gasteiger partial charge in [0.1, 0.15) is 18.0 Å².